The molecule has 1 heterocycles. The molecule has 0 N–H and O–H groups in total. The van der Waals surface area contributed by atoms with Gasteiger partial charge < -0.3 is 0 Å². The van der Waals surface area contributed by atoms with Crippen LogP contribution in [0.2, 0.25) is 0 Å². The van der Waals surface area contributed by atoms with Crippen LogP contribution in [0.25, 0.3) is 0 Å². The summed E-state index contributed by atoms with van der Waals surface area (Å²) in [5, 5.41) is 0. The molecular weight excluding hydrogens is 198 g/mol. The highest BCUT2D eigenvalue weighted by Gasteiger charge is 2.43. The van der Waals surface area contributed by atoms with Crippen molar-refractivity contribution in [1.82, 2.24) is 4.90 Å². The number of hydrogen-bond donors (Lipinski definition) is 0. The molecule has 2 heteroatoms. The average Bonchev–Trinajstić information content (AvgIpc) is 2.59. The van der Waals surface area contributed by atoms with Crippen LogP contribution in [0.5, 0.6) is 0 Å². The van der Waals surface area contributed by atoms with Crippen LogP contribution in [0.3, 0.4) is 0 Å². The van der Waals surface area contributed by atoms with E-state index in [1.54, 1.807) is 0 Å². The molecule has 0 aromatic carbocycles. The van der Waals surface area contributed by atoms with Crippen molar-refractivity contribution < 1.29 is 4.79 Å². The molecule has 1 fully saturated rings. The van der Waals surface area contributed by atoms with E-state index in [2.05, 4.69) is 39.5 Å². The van der Waals surface area contributed by atoms with Gasteiger partial charge in [-0.25, -0.2) is 0 Å². The average molecular weight is 225 g/mol. The van der Waals surface area contributed by atoms with Crippen molar-refractivity contribution in [2.75, 3.05) is 6.54 Å². The quantitative estimate of drug-likeness (QED) is 0.735. The highest BCUT2D eigenvalue weighted by Crippen LogP contribution is 2.36. The minimum Gasteiger partial charge on any atom is -0.298 e. The number of ketones is 1. The summed E-state index contributed by atoms with van der Waals surface area (Å²) in [6.07, 6.45) is 1.84. The van der Waals surface area contributed by atoms with E-state index in [4.69, 9.17) is 0 Å². The van der Waals surface area contributed by atoms with Gasteiger partial charge >= 0.3 is 0 Å². The summed E-state index contributed by atoms with van der Waals surface area (Å²) >= 11 is 0. The number of carbonyl (C=O) groups excluding carboxylic acids is 1. The van der Waals surface area contributed by atoms with E-state index >= 15 is 0 Å². The Bertz CT molecular complexity index is 252. The lowest BCUT2D eigenvalue weighted by atomic mass is 9.85. The molecule has 1 rings (SSSR count). The summed E-state index contributed by atoms with van der Waals surface area (Å²) in [4.78, 5) is 14.6. The molecule has 0 saturated carbocycles. The topological polar surface area (TPSA) is 20.3 Å². The van der Waals surface area contributed by atoms with Gasteiger partial charge in [0.05, 0.1) is 6.04 Å². The Balaban J connectivity index is 2.93. The third-order valence-corrected chi connectivity index (χ3v) is 3.84. The van der Waals surface area contributed by atoms with Crippen LogP contribution in [-0.2, 0) is 4.79 Å². The number of nitrogens with zero attached hydrogens (tertiary/aromatic N) is 1. The lowest BCUT2D eigenvalue weighted by Crippen LogP contribution is -2.50. The lowest BCUT2D eigenvalue weighted by molar-refractivity contribution is -0.126. The van der Waals surface area contributed by atoms with Crippen LogP contribution in [0.15, 0.2) is 0 Å². The third-order valence-electron chi connectivity index (χ3n) is 3.84. The molecule has 0 radical (unpaired) electrons. The van der Waals surface area contributed by atoms with Gasteiger partial charge in [0, 0.05) is 12.0 Å². The highest BCUT2D eigenvalue weighted by atomic mass is 16.1. The van der Waals surface area contributed by atoms with Gasteiger partial charge in [-0.15, -0.1) is 0 Å². The molecule has 16 heavy (non-hydrogen) atoms. The Morgan fingerprint density at radius 2 is 1.94 bits per heavy atom. The summed E-state index contributed by atoms with van der Waals surface area (Å²) < 4.78 is 0. The van der Waals surface area contributed by atoms with Gasteiger partial charge in [0.1, 0.15) is 5.78 Å². The maximum absolute atomic E-state index is 12.1. The second-order valence-electron chi connectivity index (χ2n) is 6.33. The second kappa shape index (κ2) is 4.87. The van der Waals surface area contributed by atoms with E-state index in [0.717, 1.165) is 6.54 Å². The molecule has 0 spiro atoms. The van der Waals surface area contributed by atoms with E-state index in [1.165, 1.54) is 6.42 Å². The normalized spacial score (nSPS) is 27.7. The lowest BCUT2D eigenvalue weighted by Gasteiger charge is -2.38. The zero-order chi connectivity index (χ0) is 12.5. The predicted octanol–water partition coefficient (Wildman–Crippen LogP) is 3.11. The molecule has 0 aromatic rings. The third kappa shape index (κ3) is 2.65. The summed E-state index contributed by atoms with van der Waals surface area (Å²) in [7, 11) is 0. The monoisotopic (exact) mass is 225 g/mol. The molecule has 2 unspecified atom stereocenters. The van der Waals surface area contributed by atoms with Crippen molar-refractivity contribution in [1.29, 1.82) is 0 Å². The first kappa shape index (κ1) is 13.7. The van der Waals surface area contributed by atoms with Crippen LogP contribution < -0.4 is 0 Å². The van der Waals surface area contributed by atoms with Crippen molar-refractivity contribution in [3.05, 3.63) is 0 Å². The van der Waals surface area contributed by atoms with Crippen molar-refractivity contribution >= 4 is 5.78 Å². The number of carbonyl (C=O) groups is 1. The molecule has 0 aromatic heterocycles. The number of likely N-dealkylation sites (tertiary alicyclic amines) is 1. The molecule has 0 aliphatic carbocycles. The molecule has 1 aliphatic rings. The van der Waals surface area contributed by atoms with E-state index in [-0.39, 0.29) is 11.6 Å². The van der Waals surface area contributed by atoms with Crippen molar-refractivity contribution in [3.8, 4) is 0 Å². The fourth-order valence-electron chi connectivity index (χ4n) is 2.89. The maximum Gasteiger partial charge on any atom is 0.150 e. The molecule has 2 nitrogen and oxygen atoms in total. The molecule has 1 aliphatic heterocycles. The predicted molar refractivity (Wildman–Crippen MR) is 68.5 cm³/mol. The van der Waals surface area contributed by atoms with Gasteiger partial charge in [0.15, 0.2) is 0 Å². The Kier molecular flexibility index (Phi) is 4.17. The minimum absolute atomic E-state index is 0.110. The zero-order valence-corrected chi connectivity index (χ0v) is 11.7. The Morgan fingerprint density at radius 3 is 2.31 bits per heavy atom. The fraction of sp³-hybridized carbons (Fsp3) is 0.929. The van der Waals surface area contributed by atoms with E-state index in [9.17, 15) is 4.79 Å². The van der Waals surface area contributed by atoms with E-state index in [1.807, 2.05) is 6.92 Å². The second-order valence-corrected chi connectivity index (χ2v) is 6.33. The molecule has 2 atom stereocenters. The Hall–Kier alpha value is -0.370. The maximum atomic E-state index is 12.1. The number of hydrogen-bond acceptors (Lipinski definition) is 2. The SMILES string of the molecule is CCC(=O)C1C(C(C)C)CCN1C(C)(C)C. The first-order valence-electron chi connectivity index (χ1n) is 6.58. The summed E-state index contributed by atoms with van der Waals surface area (Å²) in [5.41, 5.74) is 0.110. The van der Waals surface area contributed by atoms with Gasteiger partial charge in [-0.3, -0.25) is 9.69 Å². The van der Waals surface area contributed by atoms with Crippen molar-refractivity contribution in [3.63, 3.8) is 0 Å². The largest absolute Gasteiger partial charge is 0.298 e. The minimum atomic E-state index is 0.110. The number of Topliss-reactive ketones (excluding diaryl/α,β-unsaturated/α-hetero) is 1. The van der Waals surface area contributed by atoms with E-state index in [0.29, 0.717) is 24.0 Å². The van der Waals surface area contributed by atoms with E-state index < -0.39 is 0 Å². The van der Waals surface area contributed by atoms with Crippen molar-refractivity contribution in [2.45, 2.75) is 66.0 Å². The van der Waals surface area contributed by atoms with Gasteiger partial charge in [-0.05, 0) is 45.6 Å². The molecule has 1 saturated heterocycles. The van der Waals surface area contributed by atoms with Crippen molar-refractivity contribution in [2.24, 2.45) is 11.8 Å². The Morgan fingerprint density at radius 1 is 1.38 bits per heavy atom. The first-order valence-corrected chi connectivity index (χ1v) is 6.58. The van der Waals surface area contributed by atoms with Crippen LogP contribution in [0.4, 0.5) is 0 Å². The summed E-state index contributed by atoms with van der Waals surface area (Å²) in [6.45, 7) is 14.2. The molecular formula is C14H27NO. The van der Waals surface area contributed by atoms with Crippen LogP contribution >= 0.6 is 0 Å². The highest BCUT2D eigenvalue weighted by molar-refractivity contribution is 5.84. The van der Waals surface area contributed by atoms with Gasteiger partial charge in [0.25, 0.3) is 0 Å². The standard InChI is InChI=1S/C14H27NO/c1-7-12(16)13-11(10(2)3)8-9-15(13)14(4,5)6/h10-11,13H,7-9H2,1-6H3. The number of rotatable bonds is 3. The molecule has 0 amide bonds. The Labute approximate surface area is 100 Å². The molecule has 0 bridgehead atoms. The van der Waals surface area contributed by atoms with Crippen LogP contribution in [-0.4, -0.2) is 28.8 Å². The smallest absolute Gasteiger partial charge is 0.150 e. The summed E-state index contributed by atoms with van der Waals surface area (Å²) in [6, 6.07) is 0.157. The van der Waals surface area contributed by atoms with Gasteiger partial charge in [-0.2, -0.15) is 0 Å². The van der Waals surface area contributed by atoms with Crippen LogP contribution in [0.1, 0.15) is 54.4 Å². The zero-order valence-electron chi connectivity index (χ0n) is 11.7. The summed E-state index contributed by atoms with van der Waals surface area (Å²) in [5.74, 6) is 1.57. The van der Waals surface area contributed by atoms with Crippen LogP contribution in [0, 0.1) is 11.8 Å². The van der Waals surface area contributed by atoms with Gasteiger partial charge in [-0.1, -0.05) is 20.8 Å². The first-order chi connectivity index (χ1) is 7.29. The fourth-order valence-corrected chi connectivity index (χ4v) is 2.89. The van der Waals surface area contributed by atoms with Gasteiger partial charge in [0.2, 0.25) is 0 Å². The molecule has 94 valence electrons.